The average molecular weight is 432 g/mol. The summed E-state index contributed by atoms with van der Waals surface area (Å²) in [6.07, 6.45) is 5.82. The number of hydrogen-bond acceptors (Lipinski definition) is 3. The van der Waals surface area contributed by atoms with Gasteiger partial charge in [0.15, 0.2) is 5.96 Å². The van der Waals surface area contributed by atoms with E-state index in [1.165, 1.54) is 16.7 Å². The molecule has 0 radical (unpaired) electrons. The van der Waals surface area contributed by atoms with Gasteiger partial charge < -0.3 is 15.4 Å². The van der Waals surface area contributed by atoms with E-state index in [9.17, 15) is 0 Å². The van der Waals surface area contributed by atoms with E-state index in [-0.39, 0.29) is 5.41 Å². The second-order valence-electron chi connectivity index (χ2n) is 8.28. The molecule has 0 spiro atoms. The number of benzene rings is 2. The van der Waals surface area contributed by atoms with Gasteiger partial charge in [-0.05, 0) is 42.5 Å². The van der Waals surface area contributed by atoms with Crippen molar-refractivity contribution in [3.05, 3.63) is 89.7 Å². The van der Waals surface area contributed by atoms with E-state index in [2.05, 4.69) is 77.3 Å². The maximum Gasteiger partial charge on any atom is 0.191 e. The molecule has 3 aromatic rings. The maximum atomic E-state index is 5.68. The molecule has 2 N–H and O–H groups in total. The lowest BCUT2D eigenvalue weighted by atomic mass is 9.74. The van der Waals surface area contributed by atoms with Gasteiger partial charge in [-0.2, -0.15) is 5.10 Å². The summed E-state index contributed by atoms with van der Waals surface area (Å²) in [6.45, 7) is 6.72. The van der Waals surface area contributed by atoms with Crippen molar-refractivity contribution in [2.45, 2.75) is 38.3 Å². The Morgan fingerprint density at radius 1 is 1.00 bits per heavy atom. The van der Waals surface area contributed by atoms with Crippen molar-refractivity contribution in [1.29, 1.82) is 0 Å². The third kappa shape index (κ3) is 5.56. The second kappa shape index (κ2) is 11.0. The molecule has 1 aliphatic rings. The van der Waals surface area contributed by atoms with E-state index in [0.717, 1.165) is 51.6 Å². The first kappa shape index (κ1) is 22.1. The van der Waals surface area contributed by atoms with Gasteiger partial charge in [0.1, 0.15) is 0 Å². The number of hydrogen-bond donors (Lipinski definition) is 2. The summed E-state index contributed by atoms with van der Waals surface area (Å²) >= 11 is 0. The normalized spacial score (nSPS) is 16.0. The van der Waals surface area contributed by atoms with Crippen LogP contribution in [0.2, 0.25) is 0 Å². The van der Waals surface area contributed by atoms with Gasteiger partial charge in [-0.25, -0.2) is 4.99 Å². The van der Waals surface area contributed by atoms with Crippen LogP contribution in [0.4, 0.5) is 0 Å². The molecule has 0 amide bonds. The summed E-state index contributed by atoms with van der Waals surface area (Å²) < 4.78 is 7.63. The number of nitrogens with one attached hydrogen (secondary N) is 2. The van der Waals surface area contributed by atoms with E-state index in [4.69, 9.17) is 9.73 Å². The van der Waals surface area contributed by atoms with E-state index >= 15 is 0 Å². The zero-order valence-corrected chi connectivity index (χ0v) is 18.8. The third-order valence-corrected chi connectivity index (χ3v) is 6.19. The molecule has 0 aliphatic carbocycles. The zero-order chi connectivity index (χ0) is 22.1. The fourth-order valence-corrected chi connectivity index (χ4v) is 4.31. The molecule has 0 atom stereocenters. The van der Waals surface area contributed by atoms with Crippen LogP contribution in [0.3, 0.4) is 0 Å². The molecule has 1 aromatic heterocycles. The van der Waals surface area contributed by atoms with Crippen LogP contribution in [0.5, 0.6) is 0 Å². The van der Waals surface area contributed by atoms with Gasteiger partial charge in [0, 0.05) is 44.1 Å². The van der Waals surface area contributed by atoms with Crippen LogP contribution >= 0.6 is 0 Å². The molecule has 6 nitrogen and oxygen atoms in total. The van der Waals surface area contributed by atoms with Crippen LogP contribution in [-0.2, 0) is 23.2 Å². The van der Waals surface area contributed by atoms with Crippen molar-refractivity contribution in [2.75, 3.05) is 26.3 Å². The maximum absolute atomic E-state index is 5.68. The van der Waals surface area contributed by atoms with Crippen molar-refractivity contribution in [2.24, 2.45) is 4.99 Å². The van der Waals surface area contributed by atoms with E-state index in [0.29, 0.717) is 6.54 Å². The molecule has 168 valence electrons. The van der Waals surface area contributed by atoms with Crippen LogP contribution < -0.4 is 10.6 Å². The summed E-state index contributed by atoms with van der Waals surface area (Å²) in [4.78, 5) is 4.92. The highest BCUT2D eigenvalue weighted by atomic mass is 16.5. The number of guanidine groups is 1. The molecule has 0 bridgehead atoms. The van der Waals surface area contributed by atoms with Crippen molar-refractivity contribution in [3.8, 4) is 0 Å². The summed E-state index contributed by atoms with van der Waals surface area (Å²) in [5.74, 6) is 0.850. The molecule has 2 heterocycles. The summed E-state index contributed by atoms with van der Waals surface area (Å²) in [6, 6.07) is 21.2. The average Bonchev–Trinajstić information content (AvgIpc) is 3.36. The first-order chi connectivity index (χ1) is 15.8. The summed E-state index contributed by atoms with van der Waals surface area (Å²) in [7, 11) is 0. The largest absolute Gasteiger partial charge is 0.381 e. The first-order valence-corrected chi connectivity index (χ1v) is 11.5. The van der Waals surface area contributed by atoms with E-state index in [1.807, 2.05) is 23.1 Å². The number of nitrogens with zero attached hydrogens (tertiary/aromatic N) is 3. The molecule has 32 heavy (non-hydrogen) atoms. The van der Waals surface area contributed by atoms with Crippen molar-refractivity contribution < 1.29 is 4.74 Å². The minimum atomic E-state index is 0.0632. The number of aliphatic imine (C=N–C) groups is 1. The number of aromatic nitrogens is 2. The number of rotatable bonds is 8. The second-order valence-corrected chi connectivity index (χ2v) is 8.28. The van der Waals surface area contributed by atoms with Crippen LogP contribution in [0.15, 0.2) is 78.0 Å². The highest BCUT2D eigenvalue weighted by Gasteiger charge is 2.34. The predicted molar refractivity (Wildman–Crippen MR) is 129 cm³/mol. The first-order valence-electron chi connectivity index (χ1n) is 11.5. The summed E-state index contributed by atoms with van der Waals surface area (Å²) in [5.41, 5.74) is 3.88. The van der Waals surface area contributed by atoms with Crippen molar-refractivity contribution in [3.63, 3.8) is 0 Å². The Labute approximate surface area is 190 Å². The molecular formula is C26H33N5O. The third-order valence-electron chi connectivity index (χ3n) is 6.19. The van der Waals surface area contributed by atoms with Gasteiger partial charge >= 0.3 is 0 Å². The quantitative estimate of drug-likeness (QED) is 0.421. The number of ether oxygens (including phenoxy) is 1. The molecular weight excluding hydrogens is 398 g/mol. The molecule has 6 heteroatoms. The predicted octanol–water partition coefficient (Wildman–Crippen LogP) is 3.73. The van der Waals surface area contributed by atoms with Crippen molar-refractivity contribution >= 4 is 5.96 Å². The van der Waals surface area contributed by atoms with Crippen molar-refractivity contribution in [1.82, 2.24) is 20.4 Å². The fourth-order valence-electron chi connectivity index (χ4n) is 4.31. The van der Waals surface area contributed by atoms with Crippen LogP contribution in [0.1, 0.15) is 36.5 Å². The molecule has 4 rings (SSSR count). The zero-order valence-electron chi connectivity index (χ0n) is 18.8. The Kier molecular flexibility index (Phi) is 7.56. The van der Waals surface area contributed by atoms with Gasteiger partial charge in [-0.15, -0.1) is 0 Å². The van der Waals surface area contributed by atoms with Crippen LogP contribution in [0.25, 0.3) is 0 Å². The summed E-state index contributed by atoms with van der Waals surface area (Å²) in [5, 5.41) is 11.4. The lowest BCUT2D eigenvalue weighted by Gasteiger charge is -2.38. The Morgan fingerprint density at radius 2 is 1.75 bits per heavy atom. The van der Waals surface area contributed by atoms with Gasteiger partial charge in [0.05, 0.1) is 13.1 Å². The Hall–Kier alpha value is -3.12. The highest BCUT2D eigenvalue weighted by Crippen LogP contribution is 2.34. The monoisotopic (exact) mass is 431 g/mol. The van der Waals surface area contributed by atoms with Gasteiger partial charge in [0.25, 0.3) is 0 Å². The van der Waals surface area contributed by atoms with E-state index in [1.54, 1.807) is 0 Å². The molecule has 1 aliphatic heterocycles. The van der Waals surface area contributed by atoms with Gasteiger partial charge in [-0.1, -0.05) is 54.6 Å². The SMILES string of the molecule is CCNC(=NCc1ccccc1Cn1cccn1)NCC1(c2ccccc2)CCOCC1. The Bertz CT molecular complexity index is 978. The molecule has 1 saturated heterocycles. The van der Waals surface area contributed by atoms with Gasteiger partial charge in [0.2, 0.25) is 0 Å². The molecule has 0 saturated carbocycles. The smallest absolute Gasteiger partial charge is 0.191 e. The molecule has 1 fully saturated rings. The Balaban J connectivity index is 1.48. The van der Waals surface area contributed by atoms with Gasteiger partial charge in [-0.3, -0.25) is 4.68 Å². The standard InChI is InChI=1S/C26H33N5O/c1-2-27-25(28-19-22-9-6-7-10-23(22)20-31-16-8-15-30-31)29-21-26(13-17-32-18-14-26)24-11-4-3-5-12-24/h3-12,15-16H,2,13-14,17-21H2,1H3,(H2,27,28,29). The lowest BCUT2D eigenvalue weighted by molar-refractivity contribution is 0.0514. The Morgan fingerprint density at radius 3 is 2.47 bits per heavy atom. The lowest BCUT2D eigenvalue weighted by Crippen LogP contribution is -2.48. The molecule has 0 unspecified atom stereocenters. The van der Waals surface area contributed by atoms with Crippen LogP contribution in [-0.4, -0.2) is 42.0 Å². The van der Waals surface area contributed by atoms with E-state index < -0.39 is 0 Å². The van der Waals surface area contributed by atoms with Crippen LogP contribution in [0, 0.1) is 0 Å². The topological polar surface area (TPSA) is 63.5 Å². The highest BCUT2D eigenvalue weighted by molar-refractivity contribution is 5.79. The minimum Gasteiger partial charge on any atom is -0.381 e. The minimum absolute atomic E-state index is 0.0632. The fraction of sp³-hybridized carbons (Fsp3) is 0.385. The molecule has 2 aromatic carbocycles.